The third-order valence-corrected chi connectivity index (χ3v) is 2.53. The molecule has 0 saturated heterocycles. The molecule has 5 heteroatoms. The lowest BCUT2D eigenvalue weighted by Gasteiger charge is -2.14. The van der Waals surface area contributed by atoms with Gasteiger partial charge in [0.1, 0.15) is 5.82 Å². The molecule has 1 aliphatic heterocycles. The molecule has 0 bridgehead atoms. The molecule has 2 rings (SSSR count). The topological polar surface area (TPSA) is 46.3 Å². The fourth-order valence-corrected chi connectivity index (χ4v) is 1.62. The number of nitrogens with zero attached hydrogens (tertiary/aromatic N) is 3. The minimum atomic E-state index is -0.742. The van der Waals surface area contributed by atoms with Crippen molar-refractivity contribution < 1.29 is 9.23 Å². The maximum absolute atomic E-state index is 12.8. The van der Waals surface area contributed by atoms with E-state index in [1.807, 2.05) is 20.8 Å². The number of benzene rings is 1. The summed E-state index contributed by atoms with van der Waals surface area (Å²) >= 11 is 0. The zero-order valence-electron chi connectivity index (χ0n) is 10.7. The summed E-state index contributed by atoms with van der Waals surface area (Å²) < 4.78 is 12.8. The van der Waals surface area contributed by atoms with Gasteiger partial charge in [-0.15, -0.1) is 5.11 Å². The Balaban J connectivity index is 2.09. The fourth-order valence-electron chi connectivity index (χ4n) is 1.62. The molecule has 0 fully saturated rings. The standard InChI is InChI=1S/C13H16FN3O/c1-9(2)15-17-13(3)8-12(16-18-13)10-4-6-11(14)7-5-10/h4-7,9H,8H2,1-3H3. The molecule has 0 aliphatic carbocycles. The summed E-state index contributed by atoms with van der Waals surface area (Å²) in [6, 6.07) is 6.30. The predicted octanol–water partition coefficient (Wildman–Crippen LogP) is 3.53. The van der Waals surface area contributed by atoms with Gasteiger partial charge in [0.05, 0.1) is 18.2 Å². The molecule has 0 radical (unpaired) electrons. The summed E-state index contributed by atoms with van der Waals surface area (Å²) in [7, 11) is 0. The van der Waals surface area contributed by atoms with Crippen LogP contribution in [-0.4, -0.2) is 17.5 Å². The van der Waals surface area contributed by atoms with Crippen molar-refractivity contribution in [2.75, 3.05) is 0 Å². The van der Waals surface area contributed by atoms with E-state index in [0.29, 0.717) is 6.42 Å². The van der Waals surface area contributed by atoms with E-state index in [1.165, 1.54) is 12.1 Å². The first-order chi connectivity index (χ1) is 8.48. The summed E-state index contributed by atoms with van der Waals surface area (Å²) in [4.78, 5) is 5.32. The van der Waals surface area contributed by atoms with Gasteiger partial charge in [-0.3, -0.25) is 0 Å². The van der Waals surface area contributed by atoms with Crippen LogP contribution in [0.1, 0.15) is 32.8 Å². The van der Waals surface area contributed by atoms with Crippen LogP contribution in [-0.2, 0) is 4.84 Å². The number of halogens is 1. The number of azo groups is 1. The van der Waals surface area contributed by atoms with Gasteiger partial charge in [-0.1, -0.05) is 17.3 Å². The highest BCUT2D eigenvalue weighted by Crippen LogP contribution is 2.28. The van der Waals surface area contributed by atoms with Gasteiger partial charge in [0.25, 0.3) is 0 Å². The first-order valence-corrected chi connectivity index (χ1v) is 5.91. The van der Waals surface area contributed by atoms with Crippen LogP contribution in [0.5, 0.6) is 0 Å². The first-order valence-electron chi connectivity index (χ1n) is 5.91. The lowest BCUT2D eigenvalue weighted by atomic mass is 10.0. The van der Waals surface area contributed by atoms with Gasteiger partial charge in [-0.05, 0) is 31.5 Å². The predicted molar refractivity (Wildman–Crippen MR) is 67.0 cm³/mol. The number of hydrogen-bond acceptors (Lipinski definition) is 4. The third kappa shape index (κ3) is 2.91. The average Bonchev–Trinajstić information content (AvgIpc) is 2.71. The quantitative estimate of drug-likeness (QED) is 0.756. The molecule has 18 heavy (non-hydrogen) atoms. The molecule has 1 atom stereocenters. The molecule has 1 heterocycles. The van der Waals surface area contributed by atoms with Crippen molar-refractivity contribution >= 4 is 5.71 Å². The van der Waals surface area contributed by atoms with Crippen molar-refractivity contribution in [2.24, 2.45) is 15.4 Å². The molecular weight excluding hydrogens is 233 g/mol. The molecular formula is C13H16FN3O. The van der Waals surface area contributed by atoms with E-state index in [0.717, 1.165) is 11.3 Å². The Morgan fingerprint density at radius 2 is 2.00 bits per heavy atom. The van der Waals surface area contributed by atoms with Gasteiger partial charge in [-0.25, -0.2) is 4.39 Å². The van der Waals surface area contributed by atoms with Crippen LogP contribution in [0, 0.1) is 5.82 Å². The highest BCUT2D eigenvalue weighted by molar-refractivity contribution is 6.01. The molecule has 4 nitrogen and oxygen atoms in total. The lowest BCUT2D eigenvalue weighted by Crippen LogP contribution is -2.21. The smallest absolute Gasteiger partial charge is 0.248 e. The third-order valence-electron chi connectivity index (χ3n) is 2.53. The maximum Gasteiger partial charge on any atom is 0.248 e. The van der Waals surface area contributed by atoms with E-state index in [2.05, 4.69) is 15.4 Å². The van der Waals surface area contributed by atoms with E-state index in [9.17, 15) is 4.39 Å². The Labute approximate surface area is 106 Å². The second-order valence-corrected chi connectivity index (χ2v) is 4.80. The van der Waals surface area contributed by atoms with E-state index < -0.39 is 5.72 Å². The zero-order valence-corrected chi connectivity index (χ0v) is 10.7. The Bertz CT molecular complexity index is 482. The van der Waals surface area contributed by atoms with Crippen molar-refractivity contribution in [3.63, 3.8) is 0 Å². The van der Waals surface area contributed by atoms with Crippen molar-refractivity contribution in [3.8, 4) is 0 Å². The number of rotatable bonds is 3. The van der Waals surface area contributed by atoms with Gasteiger partial charge in [-0.2, -0.15) is 5.11 Å². The normalized spacial score (nSPS) is 23.5. The molecule has 0 aromatic heterocycles. The summed E-state index contributed by atoms with van der Waals surface area (Å²) in [5.41, 5.74) is 0.869. The van der Waals surface area contributed by atoms with Gasteiger partial charge in [0, 0.05) is 6.92 Å². The largest absolute Gasteiger partial charge is 0.363 e. The highest BCUT2D eigenvalue weighted by Gasteiger charge is 2.34. The van der Waals surface area contributed by atoms with Gasteiger partial charge < -0.3 is 4.84 Å². The Hall–Kier alpha value is -1.78. The van der Waals surface area contributed by atoms with E-state index in [1.54, 1.807) is 12.1 Å². The molecule has 0 saturated carbocycles. The second-order valence-electron chi connectivity index (χ2n) is 4.80. The molecule has 0 spiro atoms. The molecule has 96 valence electrons. The number of oxime groups is 1. The van der Waals surface area contributed by atoms with Crippen molar-refractivity contribution in [3.05, 3.63) is 35.6 Å². The summed E-state index contributed by atoms with van der Waals surface area (Å²) in [6.07, 6.45) is 0.537. The zero-order chi connectivity index (χ0) is 13.2. The minimum absolute atomic E-state index is 0.125. The van der Waals surface area contributed by atoms with Gasteiger partial charge in [0.15, 0.2) is 0 Å². The van der Waals surface area contributed by atoms with Crippen molar-refractivity contribution in [1.82, 2.24) is 0 Å². The van der Waals surface area contributed by atoms with Crippen LogP contribution < -0.4 is 0 Å². The van der Waals surface area contributed by atoms with Crippen LogP contribution >= 0.6 is 0 Å². The average molecular weight is 249 g/mol. The highest BCUT2D eigenvalue weighted by atomic mass is 19.1. The second kappa shape index (κ2) is 4.84. The van der Waals surface area contributed by atoms with Gasteiger partial charge >= 0.3 is 0 Å². The molecule has 1 unspecified atom stereocenters. The van der Waals surface area contributed by atoms with E-state index in [-0.39, 0.29) is 11.9 Å². The first kappa shape index (κ1) is 12.7. The molecule has 0 amide bonds. The Morgan fingerprint density at radius 1 is 1.33 bits per heavy atom. The monoisotopic (exact) mass is 249 g/mol. The van der Waals surface area contributed by atoms with Crippen molar-refractivity contribution in [1.29, 1.82) is 0 Å². The van der Waals surface area contributed by atoms with Crippen LogP contribution in [0.3, 0.4) is 0 Å². The summed E-state index contributed by atoms with van der Waals surface area (Å²) in [6.45, 7) is 5.73. The Kier molecular flexibility index (Phi) is 3.41. The van der Waals surface area contributed by atoms with Crippen LogP contribution in [0.2, 0.25) is 0 Å². The lowest BCUT2D eigenvalue weighted by molar-refractivity contribution is -0.00270. The molecule has 0 N–H and O–H groups in total. The van der Waals surface area contributed by atoms with Crippen LogP contribution in [0.4, 0.5) is 4.39 Å². The van der Waals surface area contributed by atoms with Gasteiger partial charge in [0.2, 0.25) is 5.72 Å². The fraction of sp³-hybridized carbons (Fsp3) is 0.462. The molecule has 1 aliphatic rings. The van der Waals surface area contributed by atoms with Crippen molar-refractivity contribution in [2.45, 2.75) is 39.0 Å². The molecule has 1 aromatic rings. The maximum atomic E-state index is 12.8. The van der Waals surface area contributed by atoms with Crippen LogP contribution in [0.15, 0.2) is 39.6 Å². The number of hydrogen-bond donors (Lipinski definition) is 0. The minimum Gasteiger partial charge on any atom is -0.363 e. The molecule has 1 aromatic carbocycles. The van der Waals surface area contributed by atoms with E-state index in [4.69, 9.17) is 4.84 Å². The van der Waals surface area contributed by atoms with E-state index >= 15 is 0 Å². The SMILES string of the molecule is CC(C)N=NC1(C)CC(c2ccc(F)cc2)=NO1. The summed E-state index contributed by atoms with van der Waals surface area (Å²) in [5.74, 6) is -0.263. The summed E-state index contributed by atoms with van der Waals surface area (Å²) in [5, 5.41) is 12.3. The van der Waals surface area contributed by atoms with Crippen LogP contribution in [0.25, 0.3) is 0 Å². The Morgan fingerprint density at radius 3 is 2.61 bits per heavy atom.